The smallest absolute Gasteiger partial charge is 0.298 e. The maximum Gasteiger partial charge on any atom is 0.298 e. The van der Waals surface area contributed by atoms with Crippen LogP contribution in [-0.4, -0.2) is 30.7 Å². The molecular weight excluding hydrogens is 262 g/mol. The number of halogens is 1. The molecule has 1 saturated heterocycles. The van der Waals surface area contributed by atoms with Gasteiger partial charge in [-0.15, -0.1) is 0 Å². The van der Waals surface area contributed by atoms with Crippen molar-refractivity contribution in [3.8, 4) is 0 Å². The van der Waals surface area contributed by atoms with Crippen LogP contribution in [0.2, 0.25) is 5.02 Å². The molecule has 3 rings (SSSR count). The van der Waals surface area contributed by atoms with Gasteiger partial charge in [-0.1, -0.05) is 18.5 Å². The van der Waals surface area contributed by atoms with Gasteiger partial charge in [0.1, 0.15) is 5.52 Å². The summed E-state index contributed by atoms with van der Waals surface area (Å²) >= 11 is 6.12. The fourth-order valence-electron chi connectivity index (χ4n) is 2.56. The van der Waals surface area contributed by atoms with Crippen molar-refractivity contribution in [2.24, 2.45) is 0 Å². The Balaban J connectivity index is 2.05. The third kappa shape index (κ3) is 2.30. The molecule has 0 aliphatic carbocycles. The summed E-state index contributed by atoms with van der Waals surface area (Å²) in [6, 6.07) is 4.93. The minimum atomic E-state index is 0.391. The van der Waals surface area contributed by atoms with Crippen LogP contribution < -0.4 is 10.2 Å². The van der Waals surface area contributed by atoms with E-state index in [0.29, 0.717) is 12.1 Å². The molecule has 1 aliphatic rings. The lowest BCUT2D eigenvalue weighted by Crippen LogP contribution is -2.50. The molecule has 1 fully saturated rings. The second-order valence-corrected chi connectivity index (χ2v) is 5.45. The topological polar surface area (TPSA) is 41.3 Å². The average Bonchev–Trinajstić information content (AvgIpc) is 2.81. The number of aryl methyl sites for hydroxylation is 1. The molecule has 4 nitrogen and oxygen atoms in total. The van der Waals surface area contributed by atoms with Crippen LogP contribution in [-0.2, 0) is 6.42 Å². The first kappa shape index (κ1) is 12.8. The van der Waals surface area contributed by atoms with Gasteiger partial charge in [0, 0.05) is 30.7 Å². The summed E-state index contributed by atoms with van der Waals surface area (Å²) in [7, 11) is 0. The predicted octanol–water partition coefficient (Wildman–Crippen LogP) is 2.84. The highest BCUT2D eigenvalue weighted by Crippen LogP contribution is 2.29. The molecule has 0 amide bonds. The van der Waals surface area contributed by atoms with E-state index in [1.54, 1.807) is 0 Å². The van der Waals surface area contributed by atoms with Crippen molar-refractivity contribution in [1.82, 2.24) is 10.3 Å². The van der Waals surface area contributed by atoms with Crippen molar-refractivity contribution in [2.45, 2.75) is 26.3 Å². The lowest BCUT2D eigenvalue weighted by atomic mass is 10.1. The summed E-state index contributed by atoms with van der Waals surface area (Å²) in [6.45, 7) is 7.11. The van der Waals surface area contributed by atoms with E-state index in [-0.39, 0.29) is 0 Å². The van der Waals surface area contributed by atoms with Gasteiger partial charge in [-0.3, -0.25) is 0 Å². The normalized spacial score (nSPS) is 20.2. The van der Waals surface area contributed by atoms with Gasteiger partial charge in [0.25, 0.3) is 6.01 Å². The molecule has 2 heterocycles. The van der Waals surface area contributed by atoms with Crippen molar-refractivity contribution in [3.05, 3.63) is 22.7 Å². The van der Waals surface area contributed by atoms with Crippen molar-refractivity contribution >= 4 is 28.7 Å². The molecule has 0 spiro atoms. The first-order valence-electron chi connectivity index (χ1n) is 6.75. The molecule has 5 heteroatoms. The van der Waals surface area contributed by atoms with Crippen molar-refractivity contribution in [3.63, 3.8) is 0 Å². The van der Waals surface area contributed by atoms with E-state index in [1.807, 2.05) is 12.1 Å². The zero-order chi connectivity index (χ0) is 13.4. The lowest BCUT2D eigenvalue weighted by molar-refractivity contribution is 0.455. The van der Waals surface area contributed by atoms with Crippen molar-refractivity contribution < 1.29 is 4.42 Å². The van der Waals surface area contributed by atoms with Gasteiger partial charge in [0.05, 0.1) is 0 Å². The lowest BCUT2D eigenvalue weighted by Gasteiger charge is -2.32. The molecule has 2 aromatic rings. The summed E-state index contributed by atoms with van der Waals surface area (Å²) in [5.74, 6) is 0. The van der Waals surface area contributed by atoms with Crippen LogP contribution in [0.5, 0.6) is 0 Å². The number of aromatic nitrogens is 1. The molecule has 0 unspecified atom stereocenters. The van der Waals surface area contributed by atoms with Gasteiger partial charge >= 0.3 is 0 Å². The highest BCUT2D eigenvalue weighted by atomic mass is 35.5. The molecule has 1 aromatic carbocycles. The molecule has 19 heavy (non-hydrogen) atoms. The van der Waals surface area contributed by atoms with Crippen LogP contribution in [0.15, 0.2) is 16.5 Å². The zero-order valence-corrected chi connectivity index (χ0v) is 12.0. The summed E-state index contributed by atoms with van der Waals surface area (Å²) in [5.41, 5.74) is 2.83. The Morgan fingerprint density at radius 2 is 2.37 bits per heavy atom. The van der Waals surface area contributed by atoms with E-state index in [9.17, 15) is 0 Å². The number of fused-ring (bicyclic) bond motifs is 1. The standard InChI is InChI=1S/C14H18ClN3O/c1-3-10-6-11(15)7-12-13(10)19-14(17-12)18-5-4-16-8-9(18)2/h6-7,9,16H,3-5,8H2,1-2H3/t9-/m1/s1. The number of nitrogens with one attached hydrogen (secondary N) is 1. The fraction of sp³-hybridized carbons (Fsp3) is 0.500. The molecule has 1 N–H and O–H groups in total. The molecule has 102 valence electrons. The summed E-state index contributed by atoms with van der Waals surface area (Å²) in [4.78, 5) is 6.82. The molecule has 0 saturated carbocycles. The van der Waals surface area contributed by atoms with Gasteiger partial charge in [0.15, 0.2) is 5.58 Å². The van der Waals surface area contributed by atoms with E-state index >= 15 is 0 Å². The monoisotopic (exact) mass is 279 g/mol. The van der Waals surface area contributed by atoms with E-state index in [4.69, 9.17) is 16.0 Å². The molecule has 1 aromatic heterocycles. The van der Waals surface area contributed by atoms with E-state index in [2.05, 4.69) is 29.0 Å². The van der Waals surface area contributed by atoms with Crippen LogP contribution in [0, 0.1) is 0 Å². The summed E-state index contributed by atoms with van der Waals surface area (Å²) < 4.78 is 5.98. The number of nitrogens with zero attached hydrogens (tertiary/aromatic N) is 2. The van der Waals surface area contributed by atoms with Crippen molar-refractivity contribution in [1.29, 1.82) is 0 Å². The Bertz CT molecular complexity index is 596. The Morgan fingerprint density at radius 3 is 3.11 bits per heavy atom. The van der Waals surface area contributed by atoms with Crippen LogP contribution in [0.25, 0.3) is 11.1 Å². The molecule has 1 atom stereocenters. The second-order valence-electron chi connectivity index (χ2n) is 5.01. The van der Waals surface area contributed by atoms with Crippen molar-refractivity contribution in [2.75, 3.05) is 24.5 Å². The molecule has 0 bridgehead atoms. The third-order valence-corrected chi connectivity index (χ3v) is 3.87. The van der Waals surface area contributed by atoms with Crippen LogP contribution in [0.3, 0.4) is 0 Å². The first-order valence-corrected chi connectivity index (χ1v) is 7.13. The predicted molar refractivity (Wildman–Crippen MR) is 78.1 cm³/mol. The Morgan fingerprint density at radius 1 is 1.53 bits per heavy atom. The van der Waals surface area contributed by atoms with Gasteiger partial charge in [0.2, 0.25) is 0 Å². The van der Waals surface area contributed by atoms with Gasteiger partial charge in [-0.25, -0.2) is 0 Å². The highest BCUT2D eigenvalue weighted by Gasteiger charge is 2.23. The third-order valence-electron chi connectivity index (χ3n) is 3.65. The minimum absolute atomic E-state index is 0.391. The average molecular weight is 280 g/mol. The SMILES string of the molecule is CCc1cc(Cl)cc2nc(N3CCNC[C@H]3C)oc12. The first-order chi connectivity index (χ1) is 9.19. The summed E-state index contributed by atoms with van der Waals surface area (Å²) in [5, 5.41) is 4.09. The number of piperazine rings is 1. The number of anilines is 1. The largest absolute Gasteiger partial charge is 0.423 e. The van der Waals surface area contributed by atoms with Crippen LogP contribution >= 0.6 is 11.6 Å². The minimum Gasteiger partial charge on any atom is -0.423 e. The maximum atomic E-state index is 6.12. The number of hydrogen-bond donors (Lipinski definition) is 1. The number of hydrogen-bond acceptors (Lipinski definition) is 4. The molecule has 1 aliphatic heterocycles. The zero-order valence-electron chi connectivity index (χ0n) is 11.2. The van der Waals surface area contributed by atoms with Crippen LogP contribution in [0.4, 0.5) is 6.01 Å². The van der Waals surface area contributed by atoms with E-state index in [1.165, 1.54) is 0 Å². The van der Waals surface area contributed by atoms with E-state index in [0.717, 1.165) is 47.7 Å². The summed E-state index contributed by atoms with van der Waals surface area (Å²) in [6.07, 6.45) is 0.892. The molecular formula is C14H18ClN3O. The number of oxazole rings is 1. The van der Waals surface area contributed by atoms with Gasteiger partial charge in [-0.05, 0) is 31.0 Å². The van der Waals surface area contributed by atoms with E-state index < -0.39 is 0 Å². The Kier molecular flexibility index (Phi) is 3.37. The van der Waals surface area contributed by atoms with Gasteiger partial charge < -0.3 is 14.6 Å². The number of rotatable bonds is 2. The molecule has 0 radical (unpaired) electrons. The quantitative estimate of drug-likeness (QED) is 0.918. The Labute approximate surface area is 117 Å². The van der Waals surface area contributed by atoms with Crippen LogP contribution in [0.1, 0.15) is 19.4 Å². The number of benzene rings is 1. The highest BCUT2D eigenvalue weighted by molar-refractivity contribution is 6.31. The second kappa shape index (κ2) is 5.02. The van der Waals surface area contributed by atoms with Gasteiger partial charge in [-0.2, -0.15) is 4.98 Å². The Hall–Kier alpha value is -1.26. The fourth-order valence-corrected chi connectivity index (χ4v) is 2.80. The maximum absolute atomic E-state index is 6.12.